The molecule has 0 radical (unpaired) electrons. The molecular formula is C7H9F4N3O6S. The Balaban J connectivity index is 0.000000433. The number of methoxy groups -OCH3 is 3. The van der Waals surface area contributed by atoms with Gasteiger partial charge in [-0.05, 0) is 4.48 Å². The fourth-order valence-electron chi connectivity index (χ4n) is 0.701. The molecule has 0 atom stereocenters. The van der Waals surface area contributed by atoms with E-state index in [1.54, 1.807) is 0 Å². The topological polar surface area (TPSA) is 115 Å². The van der Waals surface area contributed by atoms with Gasteiger partial charge in [-0.1, -0.05) is 0 Å². The summed E-state index contributed by atoms with van der Waals surface area (Å²) in [6, 6.07) is -0.602. The second kappa shape index (κ2) is 7.16. The van der Waals surface area contributed by atoms with E-state index >= 15 is 0 Å². The lowest BCUT2D eigenvalue weighted by Gasteiger charge is -2.08. The molecule has 9 nitrogen and oxygen atoms in total. The van der Waals surface area contributed by atoms with Gasteiger partial charge in [0.05, 0.1) is 21.3 Å². The Morgan fingerprint density at radius 1 is 1.05 bits per heavy atom. The molecule has 0 aliphatic carbocycles. The number of rotatable bonds is 3. The van der Waals surface area contributed by atoms with Gasteiger partial charge in [-0.25, -0.2) is 8.42 Å². The van der Waals surface area contributed by atoms with Gasteiger partial charge in [0.25, 0.3) is 0 Å². The van der Waals surface area contributed by atoms with Gasteiger partial charge in [0.15, 0.2) is 10.1 Å². The molecule has 0 bridgehead atoms. The van der Waals surface area contributed by atoms with Gasteiger partial charge in [0, 0.05) is 14.8 Å². The summed E-state index contributed by atoms with van der Waals surface area (Å²) in [6.07, 6.45) is 0. The van der Waals surface area contributed by atoms with Gasteiger partial charge < -0.3 is 18.8 Å². The first-order chi connectivity index (χ1) is 9.47. The van der Waals surface area contributed by atoms with Gasteiger partial charge in [0.1, 0.15) is 0 Å². The van der Waals surface area contributed by atoms with Gasteiger partial charge in [-0.3, -0.25) is 0 Å². The normalized spacial score (nSPS) is 11.2. The minimum absolute atomic E-state index is 0.0254. The smallest absolute Gasteiger partial charge is 0.485 e. The number of hydrogen-bond donors (Lipinski definition) is 0. The second-order valence-corrected chi connectivity index (χ2v) is 4.24. The molecule has 0 fully saturated rings. The lowest BCUT2D eigenvalue weighted by atomic mass is 10.9. The molecule has 1 heterocycles. The summed E-state index contributed by atoms with van der Waals surface area (Å²) in [7, 11) is -2.18. The van der Waals surface area contributed by atoms with Crippen molar-refractivity contribution in [3.05, 3.63) is 0 Å². The molecule has 122 valence electrons. The second-order valence-electron chi connectivity index (χ2n) is 2.86. The van der Waals surface area contributed by atoms with Crippen LogP contribution in [0, 0.1) is 0 Å². The summed E-state index contributed by atoms with van der Waals surface area (Å²) in [5.41, 5.74) is -5.65. The first kappa shape index (κ1) is 19.0. The molecule has 0 aromatic carbocycles. The molecule has 0 aliphatic rings. The Labute approximate surface area is 115 Å². The van der Waals surface area contributed by atoms with Crippen molar-refractivity contribution in [2.45, 2.75) is 5.51 Å². The molecule has 1 aromatic heterocycles. The number of nitrogens with zero attached hydrogens (tertiary/aromatic N) is 3. The predicted molar refractivity (Wildman–Crippen MR) is 54.1 cm³/mol. The van der Waals surface area contributed by atoms with Crippen LogP contribution in [-0.4, -0.2) is 49.8 Å². The van der Waals surface area contributed by atoms with Crippen molar-refractivity contribution in [1.29, 1.82) is 0 Å². The quantitative estimate of drug-likeness (QED) is 0.414. The van der Waals surface area contributed by atoms with Crippen LogP contribution in [0.1, 0.15) is 0 Å². The van der Waals surface area contributed by atoms with Crippen LogP contribution in [0.2, 0.25) is 0 Å². The summed E-state index contributed by atoms with van der Waals surface area (Å²) >= 11 is 0. The fourth-order valence-corrected chi connectivity index (χ4v) is 0.701. The van der Waals surface area contributed by atoms with Crippen molar-refractivity contribution < 1.29 is 49.6 Å². The highest BCUT2D eigenvalue weighted by Crippen LogP contribution is 2.20. The molecule has 1 rings (SSSR count). The van der Waals surface area contributed by atoms with E-state index in [0.717, 1.165) is 0 Å². The SMILES string of the molecule is COc1nc(OC)[n+](F)c(OC)n1.O=S(=O)([O-])C(F)(F)F. The van der Waals surface area contributed by atoms with Crippen LogP contribution in [0.15, 0.2) is 0 Å². The van der Waals surface area contributed by atoms with E-state index in [4.69, 9.17) is 17.7 Å². The van der Waals surface area contributed by atoms with E-state index in [1.807, 2.05) is 0 Å². The van der Waals surface area contributed by atoms with Crippen LogP contribution in [0.3, 0.4) is 0 Å². The Kier molecular flexibility index (Phi) is 6.50. The zero-order valence-electron chi connectivity index (χ0n) is 10.7. The highest BCUT2D eigenvalue weighted by molar-refractivity contribution is 7.86. The maximum atomic E-state index is 13.1. The molecule has 0 spiro atoms. The van der Waals surface area contributed by atoms with E-state index in [9.17, 15) is 17.7 Å². The van der Waals surface area contributed by atoms with Gasteiger partial charge in [-0.15, -0.1) is 0 Å². The average molecular weight is 339 g/mol. The minimum Gasteiger partial charge on any atom is -0.741 e. The number of hydrogen-bond acceptors (Lipinski definition) is 8. The third-order valence-corrected chi connectivity index (χ3v) is 2.12. The molecule has 0 amide bonds. The van der Waals surface area contributed by atoms with Crippen LogP contribution in [-0.2, 0) is 10.1 Å². The Morgan fingerprint density at radius 2 is 1.38 bits per heavy atom. The molecule has 1 aromatic rings. The number of alkyl halides is 3. The third kappa shape index (κ3) is 5.50. The van der Waals surface area contributed by atoms with Crippen LogP contribution in [0.4, 0.5) is 17.7 Å². The molecule has 0 saturated heterocycles. The van der Waals surface area contributed by atoms with Crippen molar-refractivity contribution >= 4 is 10.1 Å². The first-order valence-corrected chi connectivity index (χ1v) is 6.03. The monoisotopic (exact) mass is 339 g/mol. The zero-order valence-corrected chi connectivity index (χ0v) is 11.5. The highest BCUT2D eigenvalue weighted by Gasteiger charge is 2.36. The maximum absolute atomic E-state index is 13.1. The van der Waals surface area contributed by atoms with E-state index in [0.29, 0.717) is 0 Å². The lowest BCUT2D eigenvalue weighted by molar-refractivity contribution is -0.852. The van der Waals surface area contributed by atoms with Crippen molar-refractivity contribution in [3.8, 4) is 18.0 Å². The van der Waals surface area contributed by atoms with E-state index in [-0.39, 0.29) is 22.8 Å². The predicted octanol–water partition coefficient (Wildman–Crippen LogP) is -0.426. The molecule has 21 heavy (non-hydrogen) atoms. The summed E-state index contributed by atoms with van der Waals surface area (Å²) in [6.45, 7) is 0. The van der Waals surface area contributed by atoms with Crippen LogP contribution >= 0.6 is 0 Å². The van der Waals surface area contributed by atoms with Crippen LogP contribution in [0.5, 0.6) is 18.0 Å². The molecule has 14 heteroatoms. The van der Waals surface area contributed by atoms with E-state index in [2.05, 4.69) is 19.4 Å². The van der Waals surface area contributed by atoms with Gasteiger partial charge in [0.2, 0.25) is 0 Å². The Bertz CT molecular complexity index is 553. The van der Waals surface area contributed by atoms with E-state index in [1.165, 1.54) is 21.3 Å². The zero-order chi connectivity index (χ0) is 16.8. The molecule has 0 saturated carbocycles. The van der Waals surface area contributed by atoms with Crippen molar-refractivity contribution in [1.82, 2.24) is 9.97 Å². The molecular weight excluding hydrogens is 330 g/mol. The van der Waals surface area contributed by atoms with Crippen molar-refractivity contribution in [2.75, 3.05) is 21.3 Å². The fraction of sp³-hybridized carbons (Fsp3) is 0.571. The standard InChI is InChI=1S/C6H9FN3O3.CHF3O3S/c1-11-4-8-5(12-2)10(7)6(9-4)13-3;2-1(3,4)8(5,6)7/h1-3H3;(H,5,6,7)/q+1;/p-1. The van der Waals surface area contributed by atoms with Crippen LogP contribution < -0.4 is 19.0 Å². The average Bonchev–Trinajstić information content (AvgIpc) is 2.37. The molecule has 0 unspecified atom stereocenters. The van der Waals surface area contributed by atoms with Gasteiger partial charge >= 0.3 is 23.5 Å². The molecule has 0 N–H and O–H groups in total. The summed E-state index contributed by atoms with van der Waals surface area (Å²) in [5, 5.41) is 0. The number of aromatic nitrogens is 3. The minimum atomic E-state index is -6.09. The highest BCUT2D eigenvalue weighted by atomic mass is 32.2. The summed E-state index contributed by atoms with van der Waals surface area (Å²) in [4.78, 5) is 7.21. The van der Waals surface area contributed by atoms with Crippen molar-refractivity contribution in [2.24, 2.45) is 0 Å². The van der Waals surface area contributed by atoms with Gasteiger partial charge in [-0.2, -0.15) is 13.2 Å². The number of ether oxygens (including phenoxy) is 3. The first-order valence-electron chi connectivity index (χ1n) is 4.62. The summed E-state index contributed by atoms with van der Waals surface area (Å²) < 4.78 is 85.9. The maximum Gasteiger partial charge on any atom is 0.485 e. The molecule has 0 aliphatic heterocycles. The lowest BCUT2D eigenvalue weighted by Crippen LogP contribution is -2.30. The van der Waals surface area contributed by atoms with Crippen LogP contribution in [0.25, 0.3) is 0 Å². The Hall–Kier alpha value is -1.96. The third-order valence-electron chi connectivity index (χ3n) is 1.55. The summed E-state index contributed by atoms with van der Waals surface area (Å²) in [5.74, 6) is 0. The Morgan fingerprint density at radius 3 is 1.57 bits per heavy atom. The van der Waals surface area contributed by atoms with Crippen molar-refractivity contribution in [3.63, 3.8) is 0 Å². The number of halogens is 4. The largest absolute Gasteiger partial charge is 0.741 e. The van der Waals surface area contributed by atoms with E-state index < -0.39 is 15.6 Å².